The Hall–Kier alpha value is -2.20. The maximum atomic E-state index is 12.8. The van der Waals surface area contributed by atoms with E-state index in [1.54, 1.807) is 20.8 Å². The van der Waals surface area contributed by atoms with Gasteiger partial charge >= 0.3 is 12.1 Å². The number of carbonyl (C=O) groups is 1. The zero-order valence-corrected chi connectivity index (χ0v) is 15.4. The molecule has 0 aromatic heterocycles. The second-order valence-corrected chi connectivity index (χ2v) is 7.43. The number of carbonyl (C=O) groups excluding carboxylic acids is 1. The molecule has 0 saturated carbocycles. The van der Waals surface area contributed by atoms with Crippen molar-refractivity contribution >= 4 is 11.7 Å². The molecule has 0 aliphatic carbocycles. The van der Waals surface area contributed by atoms with Crippen LogP contribution in [0.4, 0.5) is 18.9 Å². The van der Waals surface area contributed by atoms with Gasteiger partial charge in [-0.05, 0) is 26.8 Å². The lowest BCUT2D eigenvalue weighted by Crippen LogP contribution is -2.47. The van der Waals surface area contributed by atoms with Gasteiger partial charge in [-0.1, -0.05) is 6.07 Å². The molecule has 27 heavy (non-hydrogen) atoms. The van der Waals surface area contributed by atoms with Gasteiger partial charge in [-0.15, -0.1) is 5.06 Å². The second-order valence-electron chi connectivity index (χ2n) is 7.43. The molecule has 0 N–H and O–H groups in total. The van der Waals surface area contributed by atoms with Crippen LogP contribution in [0.15, 0.2) is 18.2 Å². The molecule has 1 saturated heterocycles. The summed E-state index contributed by atoms with van der Waals surface area (Å²) in [4.78, 5) is 29.4. The molecule has 10 heteroatoms. The van der Waals surface area contributed by atoms with Gasteiger partial charge in [0.1, 0.15) is 0 Å². The molecular formula is C17H22F3N3O4. The van der Waals surface area contributed by atoms with Crippen LogP contribution >= 0.6 is 0 Å². The van der Waals surface area contributed by atoms with Gasteiger partial charge in [0.05, 0.1) is 15.9 Å². The van der Waals surface area contributed by atoms with Crippen LogP contribution in [0.3, 0.4) is 0 Å². The topological polar surface area (TPSA) is 75.9 Å². The summed E-state index contributed by atoms with van der Waals surface area (Å²) in [6, 6.07) is 2.56. The van der Waals surface area contributed by atoms with Gasteiger partial charge in [-0.2, -0.15) is 13.2 Å². The summed E-state index contributed by atoms with van der Waals surface area (Å²) in [6.07, 6.45) is -4.63. The number of hydrogen-bond acceptors (Lipinski definition) is 6. The maximum absolute atomic E-state index is 12.8. The van der Waals surface area contributed by atoms with Gasteiger partial charge in [0.2, 0.25) is 0 Å². The SMILES string of the molecule is CC(C)(C)C(=O)ON1CCN(Cc2ccc(C(F)(F)F)cc2[N+](=O)[O-])CC1. The van der Waals surface area contributed by atoms with Gasteiger partial charge in [-0.25, -0.2) is 4.79 Å². The van der Waals surface area contributed by atoms with Gasteiger partial charge in [-0.3, -0.25) is 15.0 Å². The molecule has 0 radical (unpaired) electrons. The molecule has 0 amide bonds. The predicted octanol–water partition coefficient (Wildman–Crippen LogP) is 3.24. The minimum atomic E-state index is -4.63. The summed E-state index contributed by atoms with van der Waals surface area (Å²) in [7, 11) is 0. The first-order valence-electron chi connectivity index (χ1n) is 8.42. The van der Waals surface area contributed by atoms with Crippen LogP contribution < -0.4 is 0 Å². The Bertz CT molecular complexity index is 708. The lowest BCUT2D eigenvalue weighted by atomic mass is 9.98. The van der Waals surface area contributed by atoms with Gasteiger partial charge in [0.25, 0.3) is 5.69 Å². The third-order valence-electron chi connectivity index (χ3n) is 4.16. The molecule has 1 aromatic carbocycles. The van der Waals surface area contributed by atoms with Crippen molar-refractivity contribution in [3.05, 3.63) is 39.4 Å². The van der Waals surface area contributed by atoms with Crippen molar-refractivity contribution in [2.24, 2.45) is 5.41 Å². The van der Waals surface area contributed by atoms with E-state index in [1.807, 2.05) is 4.90 Å². The zero-order valence-electron chi connectivity index (χ0n) is 15.4. The van der Waals surface area contributed by atoms with Gasteiger partial charge in [0, 0.05) is 44.4 Å². The molecule has 1 heterocycles. The summed E-state index contributed by atoms with van der Waals surface area (Å²) in [5, 5.41) is 12.7. The highest BCUT2D eigenvalue weighted by Gasteiger charge is 2.33. The van der Waals surface area contributed by atoms with Crippen LogP contribution in [0.2, 0.25) is 0 Å². The van der Waals surface area contributed by atoms with E-state index in [2.05, 4.69) is 0 Å². The molecular weight excluding hydrogens is 367 g/mol. The first kappa shape index (κ1) is 21.1. The zero-order chi connectivity index (χ0) is 20.4. The highest BCUT2D eigenvalue weighted by molar-refractivity contribution is 5.75. The Labute approximate surface area is 154 Å². The van der Waals surface area contributed by atoms with Crippen molar-refractivity contribution in [2.75, 3.05) is 26.2 Å². The summed E-state index contributed by atoms with van der Waals surface area (Å²) >= 11 is 0. The van der Waals surface area contributed by atoms with Crippen molar-refractivity contribution in [3.8, 4) is 0 Å². The summed E-state index contributed by atoms with van der Waals surface area (Å²) in [6.45, 7) is 7.15. The summed E-state index contributed by atoms with van der Waals surface area (Å²) in [5.74, 6) is -0.352. The fraction of sp³-hybridized carbons (Fsp3) is 0.588. The third kappa shape index (κ3) is 5.64. The number of hydroxylamine groups is 2. The smallest absolute Gasteiger partial charge is 0.367 e. The highest BCUT2D eigenvalue weighted by atomic mass is 19.4. The maximum Gasteiger partial charge on any atom is 0.416 e. The average molecular weight is 389 g/mol. The fourth-order valence-corrected chi connectivity index (χ4v) is 2.52. The minimum Gasteiger partial charge on any atom is -0.367 e. The Kier molecular flexibility index (Phi) is 6.10. The standard InChI is InChI=1S/C17H22F3N3O4/c1-16(2,3)15(24)27-22-8-6-21(7-9-22)11-12-4-5-13(17(18,19)20)10-14(12)23(25)26/h4-5,10H,6-9,11H2,1-3H3. The molecule has 2 rings (SSSR count). The molecule has 1 aliphatic heterocycles. The van der Waals surface area contributed by atoms with E-state index in [4.69, 9.17) is 4.84 Å². The highest BCUT2D eigenvalue weighted by Crippen LogP contribution is 2.33. The monoisotopic (exact) mass is 389 g/mol. The molecule has 7 nitrogen and oxygen atoms in total. The van der Waals surface area contributed by atoms with Crippen molar-refractivity contribution in [2.45, 2.75) is 33.5 Å². The lowest BCUT2D eigenvalue weighted by Gasteiger charge is -2.34. The van der Waals surface area contributed by atoms with E-state index in [0.717, 1.165) is 12.1 Å². The molecule has 1 aromatic rings. The fourth-order valence-electron chi connectivity index (χ4n) is 2.52. The number of alkyl halides is 3. The predicted molar refractivity (Wildman–Crippen MR) is 90.5 cm³/mol. The van der Waals surface area contributed by atoms with Crippen LogP contribution in [-0.4, -0.2) is 47.0 Å². The normalized spacial score (nSPS) is 17.0. The third-order valence-corrected chi connectivity index (χ3v) is 4.16. The first-order chi connectivity index (χ1) is 12.4. The van der Waals surface area contributed by atoms with Crippen LogP contribution in [0.5, 0.6) is 0 Å². The molecule has 150 valence electrons. The van der Waals surface area contributed by atoms with Crippen LogP contribution in [-0.2, 0) is 22.4 Å². The van der Waals surface area contributed by atoms with Gasteiger partial charge < -0.3 is 4.84 Å². The van der Waals surface area contributed by atoms with E-state index < -0.39 is 27.8 Å². The van der Waals surface area contributed by atoms with Crippen molar-refractivity contribution in [1.82, 2.24) is 9.96 Å². The van der Waals surface area contributed by atoms with Crippen molar-refractivity contribution < 1.29 is 27.7 Å². The molecule has 0 atom stereocenters. The van der Waals surface area contributed by atoms with E-state index in [1.165, 1.54) is 5.06 Å². The van der Waals surface area contributed by atoms with Crippen LogP contribution in [0.1, 0.15) is 31.9 Å². The summed E-state index contributed by atoms with van der Waals surface area (Å²) < 4.78 is 38.3. The van der Waals surface area contributed by atoms with E-state index in [0.29, 0.717) is 32.2 Å². The number of nitrogens with zero attached hydrogens (tertiary/aromatic N) is 3. The molecule has 1 fully saturated rings. The van der Waals surface area contributed by atoms with E-state index in [-0.39, 0.29) is 18.1 Å². The number of halogens is 3. The first-order valence-corrected chi connectivity index (χ1v) is 8.42. The average Bonchev–Trinajstić information content (AvgIpc) is 2.54. The summed E-state index contributed by atoms with van der Waals surface area (Å²) in [5.41, 5.74) is -2.01. The number of piperazine rings is 1. The Morgan fingerprint density at radius 2 is 1.78 bits per heavy atom. The molecule has 0 unspecified atom stereocenters. The minimum absolute atomic E-state index is 0.148. The number of nitro benzene ring substituents is 1. The van der Waals surface area contributed by atoms with E-state index in [9.17, 15) is 28.1 Å². The van der Waals surface area contributed by atoms with Crippen LogP contribution in [0.25, 0.3) is 0 Å². The molecule has 0 spiro atoms. The second kappa shape index (κ2) is 7.81. The Morgan fingerprint density at radius 3 is 2.26 bits per heavy atom. The van der Waals surface area contributed by atoms with Crippen molar-refractivity contribution in [3.63, 3.8) is 0 Å². The Morgan fingerprint density at radius 1 is 1.19 bits per heavy atom. The number of rotatable bonds is 4. The number of nitro groups is 1. The Balaban J connectivity index is 2.01. The number of hydrogen-bond donors (Lipinski definition) is 0. The van der Waals surface area contributed by atoms with E-state index >= 15 is 0 Å². The quantitative estimate of drug-likeness (QED) is 0.581. The molecule has 0 bridgehead atoms. The van der Waals surface area contributed by atoms with Crippen LogP contribution in [0, 0.1) is 15.5 Å². The number of benzene rings is 1. The lowest BCUT2D eigenvalue weighted by molar-refractivity contribution is -0.386. The van der Waals surface area contributed by atoms with Crippen molar-refractivity contribution in [1.29, 1.82) is 0 Å². The largest absolute Gasteiger partial charge is 0.416 e. The molecule has 1 aliphatic rings. The van der Waals surface area contributed by atoms with Gasteiger partial charge in [0.15, 0.2) is 0 Å².